The fraction of sp³-hybridized carbons (Fsp3) is 0.222. The lowest BCUT2D eigenvalue weighted by molar-refractivity contribution is 0.597. The normalized spacial score (nSPS) is 11.6. The van der Waals surface area contributed by atoms with E-state index in [2.05, 4.69) is 18.0 Å². The zero-order valence-electron chi connectivity index (χ0n) is 13.8. The first-order valence-corrected chi connectivity index (χ1v) is 10.5. The van der Waals surface area contributed by atoms with Crippen LogP contribution in [0.4, 0.5) is 0 Å². The summed E-state index contributed by atoms with van der Waals surface area (Å²) in [4.78, 5) is 9.08. The highest BCUT2D eigenvalue weighted by atomic mass is 32.2. The first-order chi connectivity index (χ1) is 11.9. The first-order valence-electron chi connectivity index (χ1n) is 7.95. The average molecular weight is 374 g/mol. The van der Waals surface area contributed by atoms with Crippen molar-refractivity contribution in [1.82, 2.24) is 9.97 Å². The Labute approximate surface area is 151 Å². The Kier molecular flexibility index (Phi) is 5.27. The van der Waals surface area contributed by atoms with E-state index in [4.69, 9.17) is 10.1 Å². The molecule has 1 aromatic carbocycles. The van der Waals surface area contributed by atoms with Gasteiger partial charge in [-0.05, 0) is 24.1 Å². The smallest absolute Gasteiger partial charge is 0.213 e. The minimum atomic E-state index is -3.51. The summed E-state index contributed by atoms with van der Waals surface area (Å²) in [6, 6.07) is 11.3. The lowest BCUT2D eigenvalue weighted by Crippen LogP contribution is -2.14. The van der Waals surface area contributed by atoms with E-state index in [1.165, 1.54) is 0 Å². The van der Waals surface area contributed by atoms with Crippen LogP contribution in [-0.2, 0) is 22.2 Å². The molecule has 0 aliphatic heterocycles. The summed E-state index contributed by atoms with van der Waals surface area (Å²) in [5, 5.41) is 8.03. The molecule has 0 radical (unpaired) electrons. The van der Waals surface area contributed by atoms with Gasteiger partial charge in [0, 0.05) is 28.4 Å². The average Bonchev–Trinajstić information content (AvgIpc) is 3.05. The number of benzene rings is 1. The molecule has 2 N–H and O–H groups in total. The largest absolute Gasteiger partial charge is 0.261 e. The van der Waals surface area contributed by atoms with Crippen molar-refractivity contribution < 1.29 is 8.42 Å². The van der Waals surface area contributed by atoms with Crippen LogP contribution < -0.4 is 5.14 Å². The predicted molar refractivity (Wildman–Crippen MR) is 102 cm³/mol. The van der Waals surface area contributed by atoms with Crippen molar-refractivity contribution in [3.8, 4) is 21.8 Å². The molecule has 130 valence electrons. The number of rotatable bonds is 6. The second-order valence-corrected chi connectivity index (χ2v) is 8.30. The van der Waals surface area contributed by atoms with Crippen LogP contribution in [0.15, 0.2) is 48.0 Å². The number of hydrogen-bond donors (Lipinski definition) is 1. The van der Waals surface area contributed by atoms with Crippen molar-refractivity contribution in [2.75, 3.05) is 0 Å². The van der Waals surface area contributed by atoms with Crippen LogP contribution in [0.3, 0.4) is 0 Å². The van der Waals surface area contributed by atoms with Gasteiger partial charge in [0.2, 0.25) is 10.0 Å². The first kappa shape index (κ1) is 17.7. The Morgan fingerprint density at radius 3 is 2.56 bits per heavy atom. The predicted octanol–water partition coefficient (Wildman–Crippen LogP) is 3.61. The summed E-state index contributed by atoms with van der Waals surface area (Å²) >= 11 is 1.58. The lowest BCUT2D eigenvalue weighted by Gasteiger charge is -2.02. The van der Waals surface area contributed by atoms with Gasteiger partial charge in [-0.3, -0.25) is 4.98 Å². The van der Waals surface area contributed by atoms with E-state index < -0.39 is 10.0 Å². The molecule has 2 heterocycles. The Hall–Kier alpha value is -2.09. The summed E-state index contributed by atoms with van der Waals surface area (Å²) in [5.74, 6) is -0.160. The molecule has 0 aliphatic rings. The number of hydrogen-bond acceptors (Lipinski definition) is 5. The Morgan fingerprint density at radius 1 is 1.12 bits per heavy atom. The number of nitrogens with two attached hydrogens (primary N) is 1. The summed E-state index contributed by atoms with van der Waals surface area (Å²) < 4.78 is 22.3. The molecule has 0 atom stereocenters. The highest BCUT2D eigenvalue weighted by Gasteiger charge is 2.09. The highest BCUT2D eigenvalue weighted by molar-refractivity contribution is 7.88. The Balaban J connectivity index is 1.83. The van der Waals surface area contributed by atoms with Crippen LogP contribution >= 0.6 is 11.3 Å². The maximum absolute atomic E-state index is 11.2. The number of aryl methyl sites for hydroxylation is 1. The maximum Gasteiger partial charge on any atom is 0.213 e. The topological polar surface area (TPSA) is 85.9 Å². The maximum atomic E-state index is 11.2. The standard InChI is InChI=1S/C18H19N3O2S2/c1-2-3-16-10-15(8-9-20-16)18-21-17(11-24-18)14-6-4-13(5-7-14)12-25(19,22)23/h4-11H,2-3,12H2,1H3,(H2,19,22,23). The molecule has 0 spiro atoms. The van der Waals surface area contributed by atoms with Crippen molar-refractivity contribution >= 4 is 21.4 Å². The second-order valence-electron chi connectivity index (χ2n) is 5.83. The van der Waals surface area contributed by atoms with Crippen LogP contribution in [-0.4, -0.2) is 18.4 Å². The zero-order valence-corrected chi connectivity index (χ0v) is 15.5. The lowest BCUT2D eigenvalue weighted by atomic mass is 10.1. The minimum absolute atomic E-state index is 0.160. The van der Waals surface area contributed by atoms with Crippen LogP contribution in [0, 0.1) is 0 Å². The fourth-order valence-corrected chi connectivity index (χ4v) is 4.03. The molecule has 5 nitrogen and oxygen atoms in total. The van der Waals surface area contributed by atoms with Crippen LogP contribution in [0.5, 0.6) is 0 Å². The van der Waals surface area contributed by atoms with E-state index in [1.807, 2.05) is 29.8 Å². The monoisotopic (exact) mass is 373 g/mol. The summed E-state index contributed by atoms with van der Waals surface area (Å²) in [6.07, 6.45) is 3.84. The second kappa shape index (κ2) is 7.43. The molecular formula is C18H19N3O2S2. The van der Waals surface area contributed by atoms with Gasteiger partial charge < -0.3 is 0 Å². The van der Waals surface area contributed by atoms with E-state index in [0.29, 0.717) is 5.56 Å². The van der Waals surface area contributed by atoms with Gasteiger partial charge in [-0.15, -0.1) is 11.3 Å². The van der Waals surface area contributed by atoms with Gasteiger partial charge >= 0.3 is 0 Å². The summed E-state index contributed by atoms with van der Waals surface area (Å²) in [6.45, 7) is 2.13. The molecule has 3 rings (SSSR count). The van der Waals surface area contributed by atoms with Crippen LogP contribution in [0.1, 0.15) is 24.6 Å². The quantitative estimate of drug-likeness (QED) is 0.715. The highest BCUT2D eigenvalue weighted by Crippen LogP contribution is 2.29. The van der Waals surface area contributed by atoms with E-state index in [1.54, 1.807) is 23.5 Å². The number of thiazole rings is 1. The molecule has 0 saturated carbocycles. The number of nitrogens with zero attached hydrogens (tertiary/aromatic N) is 2. The van der Waals surface area contributed by atoms with E-state index in [0.717, 1.165) is 40.4 Å². The van der Waals surface area contributed by atoms with Crippen molar-refractivity contribution in [2.24, 2.45) is 5.14 Å². The van der Waals surface area contributed by atoms with Gasteiger partial charge in [0.05, 0.1) is 11.4 Å². The molecule has 0 fully saturated rings. The van der Waals surface area contributed by atoms with Gasteiger partial charge in [0.1, 0.15) is 5.01 Å². The van der Waals surface area contributed by atoms with Crippen LogP contribution in [0.2, 0.25) is 0 Å². The molecular weight excluding hydrogens is 354 g/mol. The van der Waals surface area contributed by atoms with Gasteiger partial charge in [-0.25, -0.2) is 18.5 Å². The molecule has 0 bridgehead atoms. The third kappa shape index (κ3) is 4.72. The van der Waals surface area contributed by atoms with E-state index in [9.17, 15) is 8.42 Å². The van der Waals surface area contributed by atoms with Crippen molar-refractivity contribution in [2.45, 2.75) is 25.5 Å². The summed E-state index contributed by atoms with van der Waals surface area (Å²) in [7, 11) is -3.51. The molecule has 25 heavy (non-hydrogen) atoms. The molecule has 7 heteroatoms. The molecule has 0 aliphatic carbocycles. The number of sulfonamides is 1. The third-order valence-electron chi connectivity index (χ3n) is 3.69. The fourth-order valence-electron chi connectivity index (χ4n) is 2.55. The SMILES string of the molecule is CCCc1cc(-c2nc(-c3ccc(CS(N)(=O)=O)cc3)cs2)ccn1. The Bertz CT molecular complexity index is 964. The third-order valence-corrected chi connectivity index (χ3v) is 5.32. The number of primary sulfonamides is 1. The molecule has 3 aromatic rings. The van der Waals surface area contributed by atoms with Gasteiger partial charge in [-0.1, -0.05) is 37.6 Å². The van der Waals surface area contributed by atoms with Crippen molar-refractivity contribution in [1.29, 1.82) is 0 Å². The molecule has 2 aromatic heterocycles. The van der Waals surface area contributed by atoms with Crippen molar-refractivity contribution in [3.63, 3.8) is 0 Å². The number of aromatic nitrogens is 2. The zero-order chi connectivity index (χ0) is 17.9. The van der Waals surface area contributed by atoms with Crippen molar-refractivity contribution in [3.05, 3.63) is 59.2 Å². The van der Waals surface area contributed by atoms with Crippen LogP contribution in [0.25, 0.3) is 21.8 Å². The Morgan fingerprint density at radius 2 is 1.88 bits per heavy atom. The van der Waals surface area contributed by atoms with Gasteiger partial charge in [0.15, 0.2) is 0 Å². The van der Waals surface area contributed by atoms with Gasteiger partial charge in [0.25, 0.3) is 0 Å². The van der Waals surface area contributed by atoms with E-state index >= 15 is 0 Å². The molecule has 0 unspecified atom stereocenters. The van der Waals surface area contributed by atoms with Gasteiger partial charge in [-0.2, -0.15) is 0 Å². The van der Waals surface area contributed by atoms with E-state index in [-0.39, 0.29) is 5.75 Å². The summed E-state index contributed by atoms with van der Waals surface area (Å²) in [5.41, 5.74) is 4.63. The number of pyridine rings is 1. The minimum Gasteiger partial charge on any atom is -0.261 e. The molecule has 0 amide bonds. The molecule has 0 saturated heterocycles.